The summed E-state index contributed by atoms with van der Waals surface area (Å²) in [6.07, 6.45) is 1.82. The molecule has 0 aliphatic rings. The minimum absolute atomic E-state index is 0.688. The van der Waals surface area contributed by atoms with E-state index in [2.05, 4.69) is 151 Å². The van der Waals surface area contributed by atoms with Gasteiger partial charge >= 0.3 is 0 Å². The van der Waals surface area contributed by atoms with Crippen molar-refractivity contribution in [2.45, 2.75) is 0 Å². The van der Waals surface area contributed by atoms with E-state index in [1.54, 1.807) is 0 Å². The Labute approximate surface area is 291 Å². The predicted octanol–water partition coefficient (Wildman–Crippen LogP) is 12.2. The fourth-order valence-electron chi connectivity index (χ4n) is 6.91. The standard InChI is InChI=1S/C47H31N3/c1-3-13-32(14-4-1)44-31-45(34-26-24-33(25-27-34)43-23-9-10-28-48-43)50-47(49-44)38-19-11-18-36(29-38)39-21-12-22-41-42(39)30-37-17-7-8-20-40(37)46(41)35-15-5-2-6-16-35/h1-31H. The minimum atomic E-state index is 0.688. The fraction of sp³-hybridized carbons (Fsp3) is 0. The van der Waals surface area contributed by atoms with Crippen molar-refractivity contribution in [3.63, 3.8) is 0 Å². The summed E-state index contributed by atoms with van der Waals surface area (Å²) < 4.78 is 0. The quantitative estimate of drug-likeness (QED) is 0.170. The Balaban J connectivity index is 1.19. The number of pyridine rings is 1. The fourth-order valence-corrected chi connectivity index (χ4v) is 6.91. The summed E-state index contributed by atoms with van der Waals surface area (Å²) in [5, 5.41) is 4.93. The van der Waals surface area contributed by atoms with Crippen molar-refractivity contribution < 1.29 is 0 Å². The highest BCUT2D eigenvalue weighted by Gasteiger charge is 2.15. The molecule has 0 fully saturated rings. The van der Waals surface area contributed by atoms with Gasteiger partial charge in [-0.15, -0.1) is 0 Å². The number of hydrogen-bond donors (Lipinski definition) is 0. The van der Waals surface area contributed by atoms with Crippen molar-refractivity contribution in [3.05, 3.63) is 188 Å². The van der Waals surface area contributed by atoms with Gasteiger partial charge in [0, 0.05) is 28.5 Å². The number of fused-ring (bicyclic) bond motifs is 2. The molecule has 234 valence electrons. The van der Waals surface area contributed by atoms with Crippen LogP contribution in [0.3, 0.4) is 0 Å². The molecular weight excluding hydrogens is 607 g/mol. The number of benzene rings is 7. The largest absolute Gasteiger partial charge is 0.256 e. The topological polar surface area (TPSA) is 38.7 Å². The van der Waals surface area contributed by atoms with Gasteiger partial charge in [0.2, 0.25) is 0 Å². The first kappa shape index (κ1) is 29.4. The molecule has 0 N–H and O–H groups in total. The lowest BCUT2D eigenvalue weighted by Crippen LogP contribution is -1.96. The molecule has 0 aliphatic carbocycles. The van der Waals surface area contributed by atoms with Crippen LogP contribution in [0, 0.1) is 0 Å². The van der Waals surface area contributed by atoms with E-state index >= 15 is 0 Å². The molecule has 3 heteroatoms. The molecule has 0 spiro atoms. The molecule has 0 unspecified atom stereocenters. The second kappa shape index (κ2) is 12.7. The highest BCUT2D eigenvalue weighted by atomic mass is 14.9. The third-order valence-electron chi connectivity index (χ3n) is 9.34. The van der Waals surface area contributed by atoms with Crippen molar-refractivity contribution in [1.29, 1.82) is 0 Å². The molecule has 0 saturated carbocycles. The Kier molecular flexibility index (Phi) is 7.49. The van der Waals surface area contributed by atoms with Gasteiger partial charge in [0.1, 0.15) is 0 Å². The van der Waals surface area contributed by atoms with Crippen LogP contribution < -0.4 is 0 Å². The smallest absolute Gasteiger partial charge is 0.160 e. The molecule has 2 aromatic heterocycles. The van der Waals surface area contributed by atoms with E-state index in [4.69, 9.17) is 9.97 Å². The predicted molar refractivity (Wildman–Crippen MR) is 207 cm³/mol. The van der Waals surface area contributed by atoms with E-state index in [0.29, 0.717) is 5.82 Å². The lowest BCUT2D eigenvalue weighted by molar-refractivity contribution is 1.18. The zero-order valence-electron chi connectivity index (χ0n) is 27.2. The Hall–Kier alpha value is -6.71. The number of rotatable bonds is 6. The first-order valence-electron chi connectivity index (χ1n) is 16.9. The second-order valence-electron chi connectivity index (χ2n) is 12.4. The van der Waals surface area contributed by atoms with Crippen LogP contribution in [-0.4, -0.2) is 15.0 Å². The molecule has 0 amide bonds. The average Bonchev–Trinajstić information content (AvgIpc) is 3.20. The number of nitrogens with zero attached hydrogens (tertiary/aromatic N) is 3. The summed E-state index contributed by atoms with van der Waals surface area (Å²) >= 11 is 0. The lowest BCUT2D eigenvalue weighted by Gasteiger charge is -2.15. The van der Waals surface area contributed by atoms with E-state index in [9.17, 15) is 0 Å². The first-order valence-corrected chi connectivity index (χ1v) is 16.9. The number of hydrogen-bond acceptors (Lipinski definition) is 3. The van der Waals surface area contributed by atoms with Gasteiger partial charge in [0.15, 0.2) is 5.82 Å². The highest BCUT2D eigenvalue weighted by Crippen LogP contribution is 2.41. The summed E-state index contributed by atoms with van der Waals surface area (Å²) in [5.41, 5.74) is 11.6. The number of aromatic nitrogens is 3. The molecule has 2 heterocycles. The third kappa shape index (κ3) is 5.51. The van der Waals surface area contributed by atoms with Gasteiger partial charge in [-0.25, -0.2) is 9.97 Å². The lowest BCUT2D eigenvalue weighted by atomic mass is 9.88. The third-order valence-corrected chi connectivity index (χ3v) is 9.34. The monoisotopic (exact) mass is 637 g/mol. The highest BCUT2D eigenvalue weighted by molar-refractivity contribution is 6.16. The van der Waals surface area contributed by atoms with Crippen LogP contribution in [0.25, 0.3) is 89.0 Å². The summed E-state index contributed by atoms with van der Waals surface area (Å²) in [5.74, 6) is 0.688. The van der Waals surface area contributed by atoms with Gasteiger partial charge in [0.05, 0.1) is 17.1 Å². The molecule has 3 nitrogen and oxygen atoms in total. The van der Waals surface area contributed by atoms with Gasteiger partial charge in [-0.2, -0.15) is 0 Å². The van der Waals surface area contributed by atoms with Crippen molar-refractivity contribution in [2.75, 3.05) is 0 Å². The van der Waals surface area contributed by atoms with Crippen molar-refractivity contribution in [2.24, 2.45) is 0 Å². The van der Waals surface area contributed by atoms with Crippen LogP contribution in [0.15, 0.2) is 188 Å². The van der Waals surface area contributed by atoms with E-state index < -0.39 is 0 Å². The summed E-state index contributed by atoms with van der Waals surface area (Å²) in [6.45, 7) is 0. The molecule has 0 aliphatic heterocycles. The van der Waals surface area contributed by atoms with E-state index in [0.717, 1.165) is 44.9 Å². The Morgan fingerprint density at radius 1 is 0.320 bits per heavy atom. The maximum atomic E-state index is 5.17. The minimum Gasteiger partial charge on any atom is -0.256 e. The average molecular weight is 638 g/mol. The van der Waals surface area contributed by atoms with Crippen LogP contribution in [0.5, 0.6) is 0 Å². The van der Waals surface area contributed by atoms with Gasteiger partial charge in [-0.3, -0.25) is 4.98 Å². The molecular formula is C47H31N3. The van der Waals surface area contributed by atoms with Crippen molar-refractivity contribution in [3.8, 4) is 67.4 Å². The second-order valence-corrected chi connectivity index (χ2v) is 12.4. The van der Waals surface area contributed by atoms with E-state index in [-0.39, 0.29) is 0 Å². The Morgan fingerprint density at radius 2 is 0.900 bits per heavy atom. The Bertz CT molecular complexity index is 2610. The first-order chi connectivity index (χ1) is 24.8. The van der Waals surface area contributed by atoms with Crippen LogP contribution in [0.4, 0.5) is 0 Å². The summed E-state index contributed by atoms with van der Waals surface area (Å²) in [4.78, 5) is 14.8. The van der Waals surface area contributed by atoms with Gasteiger partial charge in [-0.1, -0.05) is 152 Å². The Morgan fingerprint density at radius 3 is 1.64 bits per heavy atom. The van der Waals surface area contributed by atoms with Crippen molar-refractivity contribution >= 4 is 21.5 Å². The summed E-state index contributed by atoms with van der Waals surface area (Å²) in [7, 11) is 0. The van der Waals surface area contributed by atoms with Crippen LogP contribution in [-0.2, 0) is 0 Å². The van der Waals surface area contributed by atoms with E-state index in [1.165, 1.54) is 38.2 Å². The van der Waals surface area contributed by atoms with E-state index in [1.807, 2.05) is 42.6 Å². The van der Waals surface area contributed by atoms with Crippen LogP contribution >= 0.6 is 0 Å². The van der Waals surface area contributed by atoms with Crippen LogP contribution in [0.1, 0.15) is 0 Å². The van der Waals surface area contributed by atoms with Crippen LogP contribution in [0.2, 0.25) is 0 Å². The molecule has 7 aromatic carbocycles. The molecule has 0 bridgehead atoms. The maximum absolute atomic E-state index is 5.17. The SMILES string of the molecule is c1ccc(-c2cc(-c3ccc(-c4ccccn4)cc3)nc(-c3cccc(-c4cccc5c(-c6ccccc6)c6ccccc6cc45)c3)n2)cc1. The molecule has 9 rings (SSSR count). The molecule has 0 atom stereocenters. The van der Waals surface area contributed by atoms with Crippen molar-refractivity contribution in [1.82, 2.24) is 15.0 Å². The van der Waals surface area contributed by atoms with Gasteiger partial charge in [-0.05, 0) is 74.1 Å². The molecule has 50 heavy (non-hydrogen) atoms. The normalized spacial score (nSPS) is 11.2. The molecule has 9 aromatic rings. The maximum Gasteiger partial charge on any atom is 0.160 e. The summed E-state index contributed by atoms with van der Waals surface area (Å²) in [6, 6.07) is 63.8. The zero-order valence-corrected chi connectivity index (χ0v) is 27.2. The van der Waals surface area contributed by atoms with Gasteiger partial charge in [0.25, 0.3) is 0 Å². The zero-order chi connectivity index (χ0) is 33.3. The molecule has 0 saturated heterocycles. The molecule has 0 radical (unpaired) electrons. The van der Waals surface area contributed by atoms with Gasteiger partial charge < -0.3 is 0 Å².